The van der Waals surface area contributed by atoms with E-state index in [0.29, 0.717) is 11.2 Å². The molecule has 6 heteroatoms. The molecule has 1 amide bonds. The summed E-state index contributed by atoms with van der Waals surface area (Å²) in [5, 5.41) is 16.4. The molecule has 0 atom stereocenters. The summed E-state index contributed by atoms with van der Waals surface area (Å²) in [6.45, 7) is 0. The third-order valence-electron chi connectivity index (χ3n) is 2.68. The number of hydrogen-bond acceptors (Lipinski definition) is 5. The van der Waals surface area contributed by atoms with Gasteiger partial charge in [0.05, 0.1) is 16.0 Å². The number of nitrogens with one attached hydrogen (secondary N) is 1. The topological polar surface area (TPSA) is 75.1 Å². The van der Waals surface area contributed by atoms with Crippen LogP contribution in [0, 0.1) is 0 Å². The third kappa shape index (κ3) is 2.13. The van der Waals surface area contributed by atoms with Gasteiger partial charge in [0.1, 0.15) is 11.3 Å². The van der Waals surface area contributed by atoms with Crippen LogP contribution < -0.4 is 5.32 Å². The van der Waals surface area contributed by atoms with Crippen LogP contribution in [0.4, 0.5) is 5.69 Å². The van der Waals surface area contributed by atoms with Gasteiger partial charge < -0.3 is 10.4 Å². The van der Waals surface area contributed by atoms with E-state index < -0.39 is 0 Å². The van der Waals surface area contributed by atoms with E-state index in [-0.39, 0.29) is 17.2 Å². The molecule has 19 heavy (non-hydrogen) atoms. The molecule has 3 aromatic rings. The van der Waals surface area contributed by atoms with Gasteiger partial charge in [-0.1, -0.05) is 22.7 Å². The summed E-state index contributed by atoms with van der Waals surface area (Å²) < 4.78 is 4.75. The number of fused-ring (bicyclic) bond motifs is 1. The molecule has 3 rings (SSSR count). The normalized spacial score (nSPS) is 10.5. The summed E-state index contributed by atoms with van der Waals surface area (Å²) in [5.41, 5.74) is 1.46. The van der Waals surface area contributed by atoms with E-state index >= 15 is 0 Å². The number of aromatic hydroxyl groups is 1. The Morgan fingerprint density at radius 1 is 1.16 bits per heavy atom. The summed E-state index contributed by atoms with van der Waals surface area (Å²) in [6, 6.07) is 11.8. The van der Waals surface area contributed by atoms with E-state index in [1.165, 1.54) is 17.6 Å². The van der Waals surface area contributed by atoms with Crippen molar-refractivity contribution in [2.24, 2.45) is 0 Å². The number of nitrogens with zero attached hydrogens (tertiary/aromatic N) is 2. The number of carbonyl (C=O) groups excluding carboxylic acids is 1. The van der Waals surface area contributed by atoms with Crippen molar-refractivity contribution in [1.29, 1.82) is 0 Å². The fraction of sp³-hybridized carbons (Fsp3) is 0. The highest BCUT2D eigenvalue weighted by molar-refractivity contribution is 7.13. The third-order valence-corrected chi connectivity index (χ3v) is 3.37. The van der Waals surface area contributed by atoms with E-state index in [1.807, 2.05) is 12.1 Å². The lowest BCUT2D eigenvalue weighted by molar-refractivity contribution is 0.102. The highest BCUT2D eigenvalue weighted by Crippen LogP contribution is 2.25. The Morgan fingerprint density at radius 3 is 2.84 bits per heavy atom. The average molecular weight is 271 g/mol. The predicted octanol–water partition coefficient (Wildman–Crippen LogP) is 2.65. The molecule has 0 bridgehead atoms. The number of carbonyl (C=O) groups is 1. The Morgan fingerprint density at radius 2 is 2.00 bits per heavy atom. The number of rotatable bonds is 2. The molecule has 0 fully saturated rings. The van der Waals surface area contributed by atoms with Crippen molar-refractivity contribution in [3.63, 3.8) is 0 Å². The maximum Gasteiger partial charge on any atom is 0.259 e. The SMILES string of the molecule is O=C(Nc1cccc2snnc12)c1ccccc1O. The minimum Gasteiger partial charge on any atom is -0.507 e. The molecule has 0 saturated carbocycles. The first-order valence-corrected chi connectivity index (χ1v) is 6.33. The molecule has 1 heterocycles. The largest absolute Gasteiger partial charge is 0.507 e. The predicted molar refractivity (Wildman–Crippen MR) is 73.5 cm³/mol. The smallest absolute Gasteiger partial charge is 0.259 e. The van der Waals surface area contributed by atoms with Crippen LogP contribution in [0.15, 0.2) is 42.5 Å². The minimum absolute atomic E-state index is 0.0522. The second-order valence-electron chi connectivity index (χ2n) is 3.90. The van der Waals surface area contributed by atoms with Crippen LogP contribution in [-0.4, -0.2) is 20.6 Å². The number of phenols is 1. The van der Waals surface area contributed by atoms with Crippen molar-refractivity contribution >= 4 is 33.3 Å². The van der Waals surface area contributed by atoms with Crippen molar-refractivity contribution < 1.29 is 9.90 Å². The number of amides is 1. The van der Waals surface area contributed by atoms with Gasteiger partial charge in [0.2, 0.25) is 0 Å². The Labute approximate surface area is 112 Å². The Bertz CT molecular complexity index is 754. The first-order chi connectivity index (χ1) is 9.25. The summed E-state index contributed by atoms with van der Waals surface area (Å²) in [4.78, 5) is 12.1. The molecule has 0 spiro atoms. The van der Waals surface area contributed by atoms with Crippen LogP contribution in [0.2, 0.25) is 0 Å². The Kier molecular flexibility index (Phi) is 2.85. The number of benzene rings is 2. The highest BCUT2D eigenvalue weighted by Gasteiger charge is 2.13. The van der Waals surface area contributed by atoms with Crippen molar-refractivity contribution in [2.75, 3.05) is 5.32 Å². The lowest BCUT2D eigenvalue weighted by Crippen LogP contribution is -2.12. The molecule has 0 aliphatic rings. The molecular formula is C13H9N3O2S. The molecule has 1 aromatic heterocycles. The number of phenolic OH excluding ortho intramolecular Hbond substituents is 1. The number of para-hydroxylation sites is 1. The van der Waals surface area contributed by atoms with Gasteiger partial charge in [-0.3, -0.25) is 4.79 Å². The Hall–Kier alpha value is -2.47. The number of anilines is 1. The van der Waals surface area contributed by atoms with Gasteiger partial charge in [-0.15, -0.1) is 5.10 Å². The van der Waals surface area contributed by atoms with Gasteiger partial charge in [-0.25, -0.2) is 0 Å². The summed E-state index contributed by atoms with van der Waals surface area (Å²) in [7, 11) is 0. The average Bonchev–Trinajstić information content (AvgIpc) is 2.88. The quantitative estimate of drug-likeness (QED) is 0.751. The molecular weight excluding hydrogens is 262 g/mol. The molecule has 0 aliphatic heterocycles. The Balaban J connectivity index is 1.95. The van der Waals surface area contributed by atoms with Crippen molar-refractivity contribution in [3.05, 3.63) is 48.0 Å². The van der Waals surface area contributed by atoms with Gasteiger partial charge in [0, 0.05) is 0 Å². The molecule has 2 aromatic carbocycles. The molecule has 0 saturated heterocycles. The van der Waals surface area contributed by atoms with E-state index in [9.17, 15) is 9.90 Å². The van der Waals surface area contributed by atoms with Gasteiger partial charge in [-0.2, -0.15) is 0 Å². The zero-order valence-electron chi connectivity index (χ0n) is 9.70. The zero-order valence-corrected chi connectivity index (χ0v) is 10.5. The maximum absolute atomic E-state index is 12.1. The van der Waals surface area contributed by atoms with E-state index in [2.05, 4.69) is 14.9 Å². The first-order valence-electron chi connectivity index (χ1n) is 5.56. The van der Waals surface area contributed by atoms with Crippen LogP contribution in [0.1, 0.15) is 10.4 Å². The molecule has 94 valence electrons. The molecule has 0 unspecified atom stereocenters. The van der Waals surface area contributed by atoms with Crippen LogP contribution in [0.3, 0.4) is 0 Å². The van der Waals surface area contributed by atoms with Crippen molar-refractivity contribution in [2.45, 2.75) is 0 Å². The second kappa shape index (κ2) is 4.66. The maximum atomic E-state index is 12.1. The van der Waals surface area contributed by atoms with Crippen molar-refractivity contribution in [1.82, 2.24) is 9.59 Å². The lowest BCUT2D eigenvalue weighted by atomic mass is 10.2. The number of hydrogen-bond donors (Lipinski definition) is 2. The van der Waals surface area contributed by atoms with Crippen molar-refractivity contribution in [3.8, 4) is 5.75 Å². The van der Waals surface area contributed by atoms with Crippen LogP contribution in [0.25, 0.3) is 10.2 Å². The van der Waals surface area contributed by atoms with E-state index in [4.69, 9.17) is 0 Å². The fourth-order valence-electron chi connectivity index (χ4n) is 1.76. The molecule has 0 radical (unpaired) electrons. The van der Waals surface area contributed by atoms with Crippen LogP contribution in [0.5, 0.6) is 5.75 Å². The molecule has 2 N–H and O–H groups in total. The molecule has 5 nitrogen and oxygen atoms in total. The summed E-state index contributed by atoms with van der Waals surface area (Å²) in [5.74, 6) is -0.429. The second-order valence-corrected chi connectivity index (χ2v) is 4.68. The van der Waals surface area contributed by atoms with E-state index in [0.717, 1.165) is 4.70 Å². The van der Waals surface area contributed by atoms with Gasteiger partial charge in [-0.05, 0) is 35.8 Å². The van der Waals surface area contributed by atoms with Crippen LogP contribution >= 0.6 is 11.5 Å². The minimum atomic E-state index is -0.376. The summed E-state index contributed by atoms with van der Waals surface area (Å²) in [6.07, 6.45) is 0. The first kappa shape index (κ1) is 11.6. The van der Waals surface area contributed by atoms with Crippen LogP contribution in [-0.2, 0) is 0 Å². The monoisotopic (exact) mass is 271 g/mol. The molecule has 0 aliphatic carbocycles. The summed E-state index contributed by atoms with van der Waals surface area (Å²) >= 11 is 1.27. The number of aromatic nitrogens is 2. The standard InChI is InChI=1S/C13H9N3O2S/c17-10-6-2-1-4-8(10)13(18)14-9-5-3-7-11-12(9)15-16-19-11/h1-7,17H,(H,14,18). The fourth-order valence-corrected chi connectivity index (χ4v) is 2.35. The highest BCUT2D eigenvalue weighted by atomic mass is 32.1. The van der Waals surface area contributed by atoms with Gasteiger partial charge >= 0.3 is 0 Å². The van der Waals surface area contributed by atoms with Gasteiger partial charge in [0.25, 0.3) is 5.91 Å². The van der Waals surface area contributed by atoms with Gasteiger partial charge in [0.15, 0.2) is 0 Å². The lowest BCUT2D eigenvalue weighted by Gasteiger charge is -2.06. The zero-order chi connectivity index (χ0) is 13.2. The van der Waals surface area contributed by atoms with E-state index in [1.54, 1.807) is 24.3 Å².